The van der Waals surface area contributed by atoms with E-state index < -0.39 is 12.0 Å². The Bertz CT molecular complexity index is 1040. The number of esters is 1. The first-order valence-electron chi connectivity index (χ1n) is 9.03. The fraction of sp³-hybridized carbons (Fsp3) is 0.286. The topological polar surface area (TPSA) is 68.2 Å². The van der Waals surface area contributed by atoms with Crippen molar-refractivity contribution in [3.8, 4) is 5.75 Å². The number of allylic oxidation sites excluding steroid dienone is 1. The summed E-state index contributed by atoms with van der Waals surface area (Å²) in [5.41, 5.74) is 1.70. The Hall–Kier alpha value is -2.80. The molecule has 6 nitrogen and oxygen atoms in total. The number of hydrogen-bond donors (Lipinski definition) is 0. The molecule has 0 N–H and O–H groups in total. The zero-order valence-electron chi connectivity index (χ0n) is 15.9. The number of aliphatic imine (C=N–C) groups is 1. The summed E-state index contributed by atoms with van der Waals surface area (Å²) in [7, 11) is 1.59. The van der Waals surface area contributed by atoms with Crippen molar-refractivity contribution < 1.29 is 19.1 Å². The van der Waals surface area contributed by atoms with Gasteiger partial charge in [0.25, 0.3) is 0 Å². The molecule has 2 aromatic rings. The zero-order valence-corrected chi connectivity index (χ0v) is 16.7. The number of ether oxygens (including phenoxy) is 2. The maximum Gasteiger partial charge on any atom is 0.338 e. The van der Waals surface area contributed by atoms with Crippen LogP contribution in [0.2, 0.25) is 0 Å². The Morgan fingerprint density at radius 3 is 2.82 bits per heavy atom. The minimum atomic E-state index is -0.643. The smallest absolute Gasteiger partial charge is 0.338 e. The van der Waals surface area contributed by atoms with Crippen LogP contribution in [0.3, 0.4) is 0 Å². The van der Waals surface area contributed by atoms with Crippen LogP contribution in [0.5, 0.6) is 5.75 Å². The van der Waals surface area contributed by atoms with Gasteiger partial charge in [0, 0.05) is 5.56 Å². The Kier molecular flexibility index (Phi) is 4.85. The van der Waals surface area contributed by atoms with Crippen molar-refractivity contribution >= 4 is 39.6 Å². The second kappa shape index (κ2) is 7.31. The standard InChI is InChI=1S/C21H20N2O4S/c1-4-27-20(25)17-12(2)22-21-23(16(24)11-28-21)19(17)18-14-8-6-5-7-13(14)9-10-15(18)26-3/h5-10,19H,4,11H2,1-3H3. The molecule has 0 radical (unpaired) electrons. The van der Waals surface area contributed by atoms with Gasteiger partial charge in [0.15, 0.2) is 5.17 Å². The quantitative estimate of drug-likeness (QED) is 0.738. The van der Waals surface area contributed by atoms with Crippen molar-refractivity contribution in [3.05, 3.63) is 53.2 Å². The summed E-state index contributed by atoms with van der Waals surface area (Å²) >= 11 is 1.38. The highest BCUT2D eigenvalue weighted by Gasteiger charge is 2.44. The first kappa shape index (κ1) is 18.6. The van der Waals surface area contributed by atoms with Crippen LogP contribution in [0, 0.1) is 0 Å². The van der Waals surface area contributed by atoms with E-state index in [0.717, 1.165) is 16.3 Å². The van der Waals surface area contributed by atoms with Crippen molar-refractivity contribution in [1.82, 2.24) is 4.90 Å². The van der Waals surface area contributed by atoms with Gasteiger partial charge in [0.1, 0.15) is 11.8 Å². The number of benzene rings is 2. The van der Waals surface area contributed by atoms with Gasteiger partial charge in [0.05, 0.1) is 30.7 Å². The molecule has 7 heteroatoms. The minimum Gasteiger partial charge on any atom is -0.496 e. The highest BCUT2D eigenvalue weighted by molar-refractivity contribution is 8.15. The molecule has 28 heavy (non-hydrogen) atoms. The number of amidine groups is 1. The van der Waals surface area contributed by atoms with Crippen LogP contribution in [-0.2, 0) is 14.3 Å². The van der Waals surface area contributed by atoms with Gasteiger partial charge in [-0.15, -0.1) is 0 Å². The van der Waals surface area contributed by atoms with Crippen molar-refractivity contribution in [2.45, 2.75) is 19.9 Å². The number of carbonyl (C=O) groups is 2. The van der Waals surface area contributed by atoms with Crippen LogP contribution < -0.4 is 4.74 Å². The third kappa shape index (κ3) is 2.86. The van der Waals surface area contributed by atoms with Gasteiger partial charge in [-0.1, -0.05) is 42.1 Å². The highest BCUT2D eigenvalue weighted by atomic mass is 32.2. The fourth-order valence-corrected chi connectivity index (χ4v) is 4.66. The van der Waals surface area contributed by atoms with Crippen molar-refractivity contribution in [2.75, 3.05) is 19.5 Å². The first-order chi connectivity index (χ1) is 13.6. The fourth-order valence-electron chi connectivity index (χ4n) is 3.72. The molecule has 0 aromatic heterocycles. The molecule has 0 aliphatic carbocycles. The molecule has 0 saturated carbocycles. The summed E-state index contributed by atoms with van der Waals surface area (Å²) in [4.78, 5) is 31.8. The molecular formula is C21H20N2O4S. The summed E-state index contributed by atoms with van der Waals surface area (Å²) in [6, 6.07) is 11.1. The Morgan fingerprint density at radius 1 is 1.29 bits per heavy atom. The minimum absolute atomic E-state index is 0.0852. The molecule has 0 bridgehead atoms. The second-order valence-electron chi connectivity index (χ2n) is 6.47. The zero-order chi connectivity index (χ0) is 19.8. The Labute approximate surface area is 167 Å². The number of methoxy groups -OCH3 is 1. The van der Waals surface area contributed by atoms with Crippen molar-refractivity contribution in [2.24, 2.45) is 4.99 Å². The largest absolute Gasteiger partial charge is 0.496 e. The van der Waals surface area contributed by atoms with E-state index in [1.807, 2.05) is 36.4 Å². The van der Waals surface area contributed by atoms with Crippen LogP contribution in [0.15, 0.2) is 52.7 Å². The summed E-state index contributed by atoms with van der Waals surface area (Å²) < 4.78 is 11.0. The third-order valence-corrected chi connectivity index (χ3v) is 5.84. The van der Waals surface area contributed by atoms with Gasteiger partial charge in [-0.2, -0.15) is 0 Å². The number of thioether (sulfide) groups is 1. The van der Waals surface area contributed by atoms with Crippen LogP contribution in [0.1, 0.15) is 25.5 Å². The molecule has 2 aliphatic heterocycles. The predicted molar refractivity (Wildman–Crippen MR) is 109 cm³/mol. The van der Waals surface area contributed by atoms with E-state index in [4.69, 9.17) is 9.47 Å². The summed E-state index contributed by atoms with van der Waals surface area (Å²) in [6.45, 7) is 3.79. The molecule has 144 valence electrons. The summed E-state index contributed by atoms with van der Waals surface area (Å²) in [5, 5.41) is 2.53. The number of rotatable bonds is 4. The summed E-state index contributed by atoms with van der Waals surface area (Å²) in [5.74, 6) is 0.362. The Balaban J connectivity index is 2.02. The summed E-state index contributed by atoms with van der Waals surface area (Å²) in [6.07, 6.45) is 0. The lowest BCUT2D eigenvalue weighted by atomic mass is 9.89. The predicted octanol–water partition coefficient (Wildman–Crippen LogP) is 3.67. The van der Waals surface area contributed by atoms with Crippen LogP contribution in [-0.4, -0.2) is 41.4 Å². The van der Waals surface area contributed by atoms with Gasteiger partial charge in [-0.05, 0) is 30.7 Å². The van der Waals surface area contributed by atoms with Crippen LogP contribution >= 0.6 is 11.8 Å². The van der Waals surface area contributed by atoms with Crippen molar-refractivity contribution in [3.63, 3.8) is 0 Å². The van der Waals surface area contributed by atoms with Gasteiger partial charge >= 0.3 is 5.97 Å². The SMILES string of the molecule is CCOC(=O)C1=C(C)N=C2SCC(=O)N2C1c1c(OC)ccc2ccccc12. The highest BCUT2D eigenvalue weighted by Crippen LogP contribution is 2.46. The number of carbonyl (C=O) groups excluding carboxylic acids is 2. The van der Waals surface area contributed by atoms with Gasteiger partial charge < -0.3 is 9.47 Å². The van der Waals surface area contributed by atoms with E-state index >= 15 is 0 Å². The lowest BCUT2D eigenvalue weighted by Gasteiger charge is -2.34. The maximum absolute atomic E-state index is 12.9. The van der Waals surface area contributed by atoms with E-state index in [1.165, 1.54) is 11.8 Å². The van der Waals surface area contributed by atoms with E-state index in [-0.39, 0.29) is 12.5 Å². The van der Waals surface area contributed by atoms with Gasteiger partial charge in [-0.3, -0.25) is 9.69 Å². The van der Waals surface area contributed by atoms with Crippen molar-refractivity contribution in [1.29, 1.82) is 0 Å². The van der Waals surface area contributed by atoms with Crippen LogP contribution in [0.25, 0.3) is 10.8 Å². The first-order valence-corrected chi connectivity index (χ1v) is 10.0. The molecule has 2 heterocycles. The lowest BCUT2D eigenvalue weighted by Crippen LogP contribution is -2.40. The average molecular weight is 396 g/mol. The molecular weight excluding hydrogens is 376 g/mol. The number of hydrogen-bond acceptors (Lipinski definition) is 6. The molecule has 1 saturated heterocycles. The monoisotopic (exact) mass is 396 g/mol. The molecule has 1 unspecified atom stereocenters. The second-order valence-corrected chi connectivity index (χ2v) is 7.41. The molecule has 4 rings (SSSR count). The molecule has 1 atom stereocenters. The third-order valence-electron chi connectivity index (χ3n) is 4.90. The molecule has 2 aromatic carbocycles. The van der Waals surface area contributed by atoms with E-state index in [2.05, 4.69) is 4.99 Å². The molecule has 1 amide bonds. The van der Waals surface area contributed by atoms with Gasteiger partial charge in [-0.25, -0.2) is 9.79 Å². The number of amides is 1. The van der Waals surface area contributed by atoms with Crippen LogP contribution in [0.4, 0.5) is 0 Å². The van der Waals surface area contributed by atoms with E-state index in [1.54, 1.807) is 25.9 Å². The number of fused-ring (bicyclic) bond motifs is 2. The van der Waals surface area contributed by atoms with Gasteiger partial charge in [0.2, 0.25) is 5.91 Å². The molecule has 0 spiro atoms. The normalized spacial score (nSPS) is 19.0. The number of nitrogens with zero attached hydrogens (tertiary/aromatic N) is 2. The van der Waals surface area contributed by atoms with E-state index in [0.29, 0.717) is 27.9 Å². The Morgan fingerprint density at radius 2 is 2.07 bits per heavy atom. The average Bonchev–Trinajstić information content (AvgIpc) is 3.06. The maximum atomic E-state index is 12.9. The molecule has 1 fully saturated rings. The van der Waals surface area contributed by atoms with E-state index in [9.17, 15) is 9.59 Å². The molecule has 2 aliphatic rings. The lowest BCUT2D eigenvalue weighted by molar-refractivity contribution is -0.139.